The minimum absolute atomic E-state index is 0.171. The molecule has 0 aromatic heterocycles. The van der Waals surface area contributed by atoms with Crippen LogP contribution in [0.15, 0.2) is 41.5 Å². The molecule has 0 aliphatic rings. The molecule has 5 nitrogen and oxygen atoms in total. The summed E-state index contributed by atoms with van der Waals surface area (Å²) in [6.45, 7) is 0. The molecule has 0 bridgehead atoms. The van der Waals surface area contributed by atoms with Crippen LogP contribution in [0, 0.1) is 0 Å². The van der Waals surface area contributed by atoms with Crippen molar-refractivity contribution in [2.75, 3.05) is 14.2 Å². The van der Waals surface area contributed by atoms with Gasteiger partial charge in [0.2, 0.25) is 0 Å². The van der Waals surface area contributed by atoms with Crippen LogP contribution in [0.2, 0.25) is 5.02 Å². The molecule has 0 unspecified atom stereocenters. The molecule has 0 heterocycles. The van der Waals surface area contributed by atoms with E-state index in [0.717, 1.165) is 18.2 Å². The Labute approximate surface area is 152 Å². The zero-order valence-electron chi connectivity index (χ0n) is 13.7. The first kappa shape index (κ1) is 19.6. The van der Waals surface area contributed by atoms with E-state index in [1.54, 1.807) is 6.07 Å². The number of hydrogen-bond donors (Lipinski definition) is 1. The van der Waals surface area contributed by atoms with Gasteiger partial charge in [-0.05, 0) is 24.3 Å². The highest BCUT2D eigenvalue weighted by Gasteiger charge is 2.30. The number of nitrogens with one attached hydrogen (secondary N) is 1. The molecule has 0 aliphatic heterocycles. The Morgan fingerprint density at radius 1 is 1.15 bits per heavy atom. The molecule has 0 spiro atoms. The third-order valence-electron chi connectivity index (χ3n) is 3.32. The van der Waals surface area contributed by atoms with Crippen molar-refractivity contribution >= 4 is 23.7 Å². The Bertz CT molecular complexity index is 838. The Morgan fingerprint density at radius 2 is 1.81 bits per heavy atom. The fraction of sp³-hybridized carbons (Fsp3) is 0.176. The quantitative estimate of drug-likeness (QED) is 0.620. The summed E-state index contributed by atoms with van der Waals surface area (Å²) in [7, 11) is 2.90. The second-order valence-corrected chi connectivity index (χ2v) is 5.41. The second-order valence-electron chi connectivity index (χ2n) is 5.01. The number of nitrogens with zero attached hydrogens (tertiary/aromatic N) is 1. The van der Waals surface area contributed by atoms with E-state index in [0.29, 0.717) is 22.1 Å². The molecule has 1 N–H and O–H groups in total. The van der Waals surface area contributed by atoms with E-state index in [2.05, 4.69) is 10.5 Å². The predicted molar refractivity (Wildman–Crippen MR) is 91.1 cm³/mol. The molecule has 1 amide bonds. The first-order chi connectivity index (χ1) is 12.3. The van der Waals surface area contributed by atoms with Crippen molar-refractivity contribution in [2.45, 2.75) is 6.18 Å². The standard InChI is InChI=1S/C17H14ClF3N2O3/c1-25-14-7-11(13(18)8-15(14)26-2)9-22-23-16(24)10-4-3-5-12(6-10)17(19,20)21/h3-9H,1-2H3,(H,23,24)/b22-9-. The first-order valence-corrected chi connectivity index (χ1v) is 7.56. The number of ether oxygens (including phenoxy) is 2. The van der Waals surface area contributed by atoms with Crippen molar-refractivity contribution in [2.24, 2.45) is 5.10 Å². The highest BCUT2D eigenvalue weighted by Crippen LogP contribution is 2.32. The number of alkyl halides is 3. The molecule has 0 saturated heterocycles. The molecule has 2 rings (SSSR count). The van der Waals surface area contributed by atoms with E-state index in [1.165, 1.54) is 32.6 Å². The lowest BCUT2D eigenvalue weighted by molar-refractivity contribution is -0.137. The summed E-state index contributed by atoms with van der Waals surface area (Å²) in [6.07, 6.45) is -3.29. The first-order valence-electron chi connectivity index (χ1n) is 7.18. The molecule has 0 atom stereocenters. The fourth-order valence-corrected chi connectivity index (χ4v) is 2.23. The zero-order chi connectivity index (χ0) is 19.3. The molecule has 26 heavy (non-hydrogen) atoms. The molecule has 9 heteroatoms. The maximum atomic E-state index is 12.7. The topological polar surface area (TPSA) is 59.9 Å². The summed E-state index contributed by atoms with van der Waals surface area (Å²) < 4.78 is 48.3. The monoisotopic (exact) mass is 386 g/mol. The zero-order valence-corrected chi connectivity index (χ0v) is 14.5. The summed E-state index contributed by atoms with van der Waals surface area (Å²) in [5.74, 6) is 0.0363. The minimum atomic E-state index is -4.53. The molecule has 0 saturated carbocycles. The van der Waals surface area contributed by atoms with Gasteiger partial charge in [0.25, 0.3) is 5.91 Å². The van der Waals surface area contributed by atoms with Crippen molar-refractivity contribution in [3.05, 3.63) is 58.1 Å². The third-order valence-corrected chi connectivity index (χ3v) is 3.65. The van der Waals surface area contributed by atoms with Crippen LogP contribution >= 0.6 is 11.6 Å². The van der Waals surface area contributed by atoms with Crippen LogP contribution in [0.25, 0.3) is 0 Å². The molecule has 0 fully saturated rings. The van der Waals surface area contributed by atoms with Crippen LogP contribution < -0.4 is 14.9 Å². The summed E-state index contributed by atoms with van der Waals surface area (Å²) in [5.41, 5.74) is 1.49. The maximum Gasteiger partial charge on any atom is 0.416 e. The average molecular weight is 387 g/mol. The van der Waals surface area contributed by atoms with Gasteiger partial charge in [-0.25, -0.2) is 5.43 Å². The van der Waals surface area contributed by atoms with Crippen LogP contribution in [0.4, 0.5) is 13.2 Å². The third kappa shape index (κ3) is 4.66. The van der Waals surface area contributed by atoms with Crippen LogP contribution in [0.3, 0.4) is 0 Å². The van der Waals surface area contributed by atoms with Crippen molar-refractivity contribution in [3.63, 3.8) is 0 Å². The number of carbonyl (C=O) groups excluding carboxylic acids is 1. The summed E-state index contributed by atoms with van der Waals surface area (Å²) >= 11 is 6.08. The SMILES string of the molecule is COc1cc(Cl)c(/C=N\NC(=O)c2cccc(C(F)(F)F)c2)cc1OC. The Hall–Kier alpha value is -2.74. The lowest BCUT2D eigenvalue weighted by atomic mass is 10.1. The van der Waals surface area contributed by atoms with Gasteiger partial charge in [0.1, 0.15) is 0 Å². The molecule has 138 valence electrons. The van der Waals surface area contributed by atoms with Crippen LogP contribution in [0.1, 0.15) is 21.5 Å². The number of halogens is 4. The van der Waals surface area contributed by atoms with Gasteiger partial charge in [-0.1, -0.05) is 17.7 Å². The van der Waals surface area contributed by atoms with Crippen LogP contribution in [-0.2, 0) is 6.18 Å². The number of benzene rings is 2. The van der Waals surface area contributed by atoms with Gasteiger partial charge in [-0.3, -0.25) is 4.79 Å². The Morgan fingerprint density at radius 3 is 2.42 bits per heavy atom. The van der Waals surface area contributed by atoms with Crippen LogP contribution in [-0.4, -0.2) is 26.3 Å². The van der Waals surface area contributed by atoms with Crippen LogP contribution in [0.5, 0.6) is 11.5 Å². The van der Waals surface area contributed by atoms with E-state index in [-0.39, 0.29) is 5.56 Å². The second kappa shape index (κ2) is 8.09. The van der Waals surface area contributed by atoms with E-state index < -0.39 is 17.6 Å². The molecule has 2 aromatic carbocycles. The number of amides is 1. The van der Waals surface area contributed by atoms with Crippen molar-refractivity contribution < 1.29 is 27.4 Å². The summed E-state index contributed by atoms with van der Waals surface area (Å²) in [5, 5.41) is 4.01. The highest BCUT2D eigenvalue weighted by molar-refractivity contribution is 6.33. The lowest BCUT2D eigenvalue weighted by Crippen LogP contribution is -2.18. The van der Waals surface area contributed by atoms with E-state index in [9.17, 15) is 18.0 Å². The Kier molecular flexibility index (Phi) is 6.10. The maximum absolute atomic E-state index is 12.7. The number of methoxy groups -OCH3 is 2. The Balaban J connectivity index is 2.15. The summed E-state index contributed by atoms with van der Waals surface area (Å²) in [4.78, 5) is 12.0. The van der Waals surface area contributed by atoms with Gasteiger partial charge in [0, 0.05) is 17.2 Å². The average Bonchev–Trinajstić information content (AvgIpc) is 2.61. The normalized spacial score (nSPS) is 11.5. The highest BCUT2D eigenvalue weighted by atomic mass is 35.5. The molecule has 0 aliphatic carbocycles. The van der Waals surface area contributed by atoms with E-state index in [4.69, 9.17) is 21.1 Å². The van der Waals surface area contributed by atoms with Gasteiger partial charge in [0.05, 0.1) is 31.0 Å². The van der Waals surface area contributed by atoms with Gasteiger partial charge in [-0.2, -0.15) is 18.3 Å². The van der Waals surface area contributed by atoms with Gasteiger partial charge >= 0.3 is 6.18 Å². The number of hydrazone groups is 1. The summed E-state index contributed by atoms with van der Waals surface area (Å²) in [6, 6.07) is 7.07. The van der Waals surface area contributed by atoms with Crippen molar-refractivity contribution in [1.29, 1.82) is 0 Å². The largest absolute Gasteiger partial charge is 0.493 e. The van der Waals surface area contributed by atoms with Crippen molar-refractivity contribution in [1.82, 2.24) is 5.43 Å². The van der Waals surface area contributed by atoms with Gasteiger partial charge in [0.15, 0.2) is 11.5 Å². The lowest BCUT2D eigenvalue weighted by Gasteiger charge is -2.09. The smallest absolute Gasteiger partial charge is 0.416 e. The molecule has 0 radical (unpaired) electrons. The minimum Gasteiger partial charge on any atom is -0.493 e. The number of hydrogen-bond acceptors (Lipinski definition) is 4. The van der Waals surface area contributed by atoms with Gasteiger partial charge in [-0.15, -0.1) is 0 Å². The van der Waals surface area contributed by atoms with Crippen molar-refractivity contribution in [3.8, 4) is 11.5 Å². The van der Waals surface area contributed by atoms with E-state index in [1.807, 2.05) is 0 Å². The predicted octanol–water partition coefficient (Wildman–Crippen LogP) is 4.14. The number of rotatable bonds is 5. The fourth-order valence-electron chi connectivity index (χ4n) is 2.03. The number of carbonyl (C=O) groups is 1. The molecular weight excluding hydrogens is 373 g/mol. The van der Waals surface area contributed by atoms with E-state index >= 15 is 0 Å². The molecular formula is C17H14ClF3N2O3. The van der Waals surface area contributed by atoms with Gasteiger partial charge < -0.3 is 9.47 Å². The molecule has 2 aromatic rings.